The van der Waals surface area contributed by atoms with E-state index in [9.17, 15) is 22.8 Å². The summed E-state index contributed by atoms with van der Waals surface area (Å²) in [6, 6.07) is 4.50. The van der Waals surface area contributed by atoms with Crippen LogP contribution in [0, 0.1) is 6.92 Å². The minimum Gasteiger partial charge on any atom is -0.324 e. The third-order valence-corrected chi connectivity index (χ3v) is 6.33. The zero-order valence-electron chi connectivity index (χ0n) is 15.1. The highest BCUT2D eigenvalue weighted by Gasteiger charge is 2.30. The summed E-state index contributed by atoms with van der Waals surface area (Å²) < 4.78 is 26.6. The first kappa shape index (κ1) is 20.1. The number of imide groups is 1. The van der Waals surface area contributed by atoms with Crippen LogP contribution in [0.4, 0.5) is 5.69 Å². The Labute approximate surface area is 153 Å². The molecule has 1 heterocycles. The van der Waals surface area contributed by atoms with E-state index in [0.717, 1.165) is 4.90 Å². The largest absolute Gasteiger partial charge is 0.324 e. The average molecular weight is 381 g/mol. The second kappa shape index (κ2) is 7.96. The van der Waals surface area contributed by atoms with Gasteiger partial charge in [0.2, 0.25) is 27.7 Å². The molecule has 1 N–H and O–H groups in total. The topological polar surface area (TPSA) is 104 Å². The summed E-state index contributed by atoms with van der Waals surface area (Å²) in [5, 5.41) is 2.60. The summed E-state index contributed by atoms with van der Waals surface area (Å²) in [6.07, 6.45) is 0.228. The second-order valence-corrected chi connectivity index (χ2v) is 7.93. The Balaban J connectivity index is 2.21. The molecule has 0 radical (unpaired) electrons. The Kier molecular flexibility index (Phi) is 6.14. The monoisotopic (exact) mass is 381 g/mol. The Hall–Kier alpha value is -2.26. The number of amides is 3. The molecule has 8 nitrogen and oxygen atoms in total. The fourth-order valence-electron chi connectivity index (χ4n) is 2.74. The number of hydrogen-bond donors (Lipinski definition) is 1. The third kappa shape index (κ3) is 4.10. The number of sulfonamides is 1. The first-order chi connectivity index (χ1) is 12.2. The highest BCUT2D eigenvalue weighted by molar-refractivity contribution is 7.89. The van der Waals surface area contributed by atoms with Crippen LogP contribution in [0.25, 0.3) is 0 Å². The maximum Gasteiger partial charge on any atom is 0.244 e. The molecule has 142 valence electrons. The van der Waals surface area contributed by atoms with E-state index in [-0.39, 0.29) is 36.1 Å². The van der Waals surface area contributed by atoms with Gasteiger partial charge in [-0.25, -0.2) is 8.42 Å². The van der Waals surface area contributed by atoms with Gasteiger partial charge in [0.25, 0.3) is 0 Å². The molecule has 2 rings (SSSR count). The lowest BCUT2D eigenvalue weighted by molar-refractivity contribution is -0.141. The lowest BCUT2D eigenvalue weighted by Gasteiger charge is -2.20. The van der Waals surface area contributed by atoms with Crippen LogP contribution in [-0.4, -0.2) is 55.0 Å². The molecule has 0 bridgehead atoms. The molecule has 0 saturated carbocycles. The van der Waals surface area contributed by atoms with E-state index in [0.29, 0.717) is 24.3 Å². The van der Waals surface area contributed by atoms with Crippen LogP contribution in [-0.2, 0) is 24.4 Å². The van der Waals surface area contributed by atoms with Crippen LogP contribution in [0.5, 0.6) is 0 Å². The van der Waals surface area contributed by atoms with Crippen LogP contribution < -0.4 is 5.32 Å². The molecule has 0 spiro atoms. The minimum atomic E-state index is -3.65. The maximum atomic E-state index is 12.6. The van der Waals surface area contributed by atoms with Crippen molar-refractivity contribution in [3.8, 4) is 0 Å². The summed E-state index contributed by atoms with van der Waals surface area (Å²) in [5.41, 5.74) is 1.01. The average Bonchev–Trinajstić information content (AvgIpc) is 2.89. The quantitative estimate of drug-likeness (QED) is 0.713. The fourth-order valence-corrected chi connectivity index (χ4v) is 4.23. The van der Waals surface area contributed by atoms with E-state index in [1.54, 1.807) is 26.8 Å². The highest BCUT2D eigenvalue weighted by Crippen LogP contribution is 2.23. The van der Waals surface area contributed by atoms with E-state index >= 15 is 0 Å². The van der Waals surface area contributed by atoms with Gasteiger partial charge >= 0.3 is 0 Å². The van der Waals surface area contributed by atoms with Crippen molar-refractivity contribution in [2.24, 2.45) is 0 Å². The van der Waals surface area contributed by atoms with Gasteiger partial charge in [0, 0.05) is 31.6 Å². The molecular weight excluding hydrogens is 358 g/mol. The minimum absolute atomic E-state index is 0.0791. The molecule has 0 atom stereocenters. The molecule has 0 aromatic heterocycles. The number of carbonyl (C=O) groups is 3. The Morgan fingerprint density at radius 2 is 1.73 bits per heavy atom. The number of aryl methyl sites for hydroxylation is 1. The second-order valence-electron chi connectivity index (χ2n) is 5.99. The number of nitrogens with zero attached hydrogens (tertiary/aromatic N) is 2. The lowest BCUT2D eigenvalue weighted by atomic mass is 10.2. The van der Waals surface area contributed by atoms with Crippen LogP contribution in [0.3, 0.4) is 0 Å². The molecule has 9 heteroatoms. The normalized spacial score (nSPS) is 15.0. The van der Waals surface area contributed by atoms with Gasteiger partial charge in [-0.1, -0.05) is 19.9 Å². The van der Waals surface area contributed by atoms with Crippen LogP contribution in [0.15, 0.2) is 23.1 Å². The molecular formula is C17H23N3O5S. The Morgan fingerprint density at radius 1 is 1.15 bits per heavy atom. The molecule has 26 heavy (non-hydrogen) atoms. The summed E-state index contributed by atoms with van der Waals surface area (Å²) in [4.78, 5) is 36.4. The lowest BCUT2D eigenvalue weighted by Crippen LogP contribution is -2.37. The molecule has 1 saturated heterocycles. The molecule has 0 unspecified atom stereocenters. The van der Waals surface area contributed by atoms with E-state index < -0.39 is 15.9 Å². The van der Waals surface area contributed by atoms with Gasteiger partial charge in [0.15, 0.2) is 0 Å². The van der Waals surface area contributed by atoms with Gasteiger partial charge in [0.1, 0.15) is 6.54 Å². The third-order valence-electron chi connectivity index (χ3n) is 4.28. The van der Waals surface area contributed by atoms with Crippen LogP contribution in [0.1, 0.15) is 32.3 Å². The molecule has 3 amide bonds. The van der Waals surface area contributed by atoms with Gasteiger partial charge in [0.05, 0.1) is 4.90 Å². The van der Waals surface area contributed by atoms with E-state index in [2.05, 4.69) is 5.32 Å². The van der Waals surface area contributed by atoms with Crippen molar-refractivity contribution in [2.75, 3.05) is 25.0 Å². The van der Waals surface area contributed by atoms with Crippen LogP contribution >= 0.6 is 0 Å². The van der Waals surface area contributed by atoms with Gasteiger partial charge in [-0.15, -0.1) is 0 Å². The maximum absolute atomic E-state index is 12.6. The number of nitrogens with one attached hydrogen (secondary N) is 1. The molecule has 1 aromatic rings. The number of hydrogen-bond acceptors (Lipinski definition) is 5. The number of rotatable bonds is 7. The first-order valence-electron chi connectivity index (χ1n) is 8.44. The SMILES string of the molecule is CCN(CC)S(=O)(=O)c1ccc(C)c(NC(=O)CN2C(=O)CCC2=O)c1. The van der Waals surface area contributed by atoms with Gasteiger partial charge in [-0.3, -0.25) is 19.3 Å². The molecule has 1 fully saturated rings. The summed E-state index contributed by atoms with van der Waals surface area (Å²) in [6.45, 7) is 5.55. The molecule has 0 aliphatic carbocycles. The standard InChI is InChI=1S/C17H23N3O5S/c1-4-19(5-2)26(24,25)13-7-6-12(3)14(10-13)18-15(21)11-20-16(22)8-9-17(20)23/h6-7,10H,4-5,8-9,11H2,1-3H3,(H,18,21). The van der Waals surface area contributed by atoms with Crippen molar-refractivity contribution in [3.63, 3.8) is 0 Å². The van der Waals surface area contributed by atoms with Crippen molar-refractivity contribution >= 4 is 33.4 Å². The summed E-state index contributed by atoms with van der Waals surface area (Å²) in [7, 11) is -3.65. The molecule has 1 aliphatic rings. The first-order valence-corrected chi connectivity index (χ1v) is 9.88. The Morgan fingerprint density at radius 3 is 2.27 bits per heavy atom. The number of anilines is 1. The van der Waals surface area contributed by atoms with Gasteiger partial charge in [-0.05, 0) is 24.6 Å². The van der Waals surface area contributed by atoms with Crippen molar-refractivity contribution < 1.29 is 22.8 Å². The number of carbonyl (C=O) groups excluding carboxylic acids is 3. The van der Waals surface area contributed by atoms with E-state index in [1.807, 2.05) is 0 Å². The van der Waals surface area contributed by atoms with Crippen molar-refractivity contribution in [1.82, 2.24) is 9.21 Å². The van der Waals surface area contributed by atoms with Crippen molar-refractivity contribution in [1.29, 1.82) is 0 Å². The molecule has 1 aliphatic heterocycles. The summed E-state index contributed by atoms with van der Waals surface area (Å²) in [5.74, 6) is -1.30. The zero-order chi connectivity index (χ0) is 19.5. The van der Waals surface area contributed by atoms with E-state index in [1.165, 1.54) is 16.4 Å². The zero-order valence-corrected chi connectivity index (χ0v) is 15.9. The fraction of sp³-hybridized carbons (Fsp3) is 0.471. The van der Waals surface area contributed by atoms with Crippen LogP contribution in [0.2, 0.25) is 0 Å². The summed E-state index contributed by atoms with van der Waals surface area (Å²) >= 11 is 0. The predicted molar refractivity (Wildman–Crippen MR) is 95.9 cm³/mol. The number of likely N-dealkylation sites (tertiary alicyclic amines) is 1. The van der Waals surface area contributed by atoms with Crippen molar-refractivity contribution in [2.45, 2.75) is 38.5 Å². The Bertz CT molecular complexity index is 815. The molecule has 1 aromatic carbocycles. The smallest absolute Gasteiger partial charge is 0.244 e. The number of benzene rings is 1. The highest BCUT2D eigenvalue weighted by atomic mass is 32.2. The van der Waals surface area contributed by atoms with Gasteiger partial charge in [-0.2, -0.15) is 4.31 Å². The van der Waals surface area contributed by atoms with Gasteiger partial charge < -0.3 is 5.32 Å². The van der Waals surface area contributed by atoms with Crippen molar-refractivity contribution in [3.05, 3.63) is 23.8 Å². The van der Waals surface area contributed by atoms with E-state index in [4.69, 9.17) is 0 Å². The predicted octanol–water partition coefficient (Wildman–Crippen LogP) is 1.11.